The number of ether oxygens (including phenoxy) is 2. The normalized spacial score (nSPS) is 22.4. The molecule has 25 heavy (non-hydrogen) atoms. The van der Waals surface area contributed by atoms with Gasteiger partial charge in [-0.3, -0.25) is 0 Å². The second-order valence-corrected chi connectivity index (χ2v) is 8.65. The molecule has 3 nitrogen and oxygen atoms in total. The molecular weight excluding hydrogens is 310 g/mol. The summed E-state index contributed by atoms with van der Waals surface area (Å²) in [5, 5.41) is 0. The van der Waals surface area contributed by atoms with Gasteiger partial charge in [0, 0.05) is 32.5 Å². The van der Waals surface area contributed by atoms with Crippen LogP contribution in [0.2, 0.25) is 0 Å². The monoisotopic (exact) mass is 345 g/mol. The summed E-state index contributed by atoms with van der Waals surface area (Å²) in [5.74, 6) is 0.422. The molecule has 0 bridgehead atoms. The minimum atomic E-state index is -0.248. The zero-order valence-electron chi connectivity index (χ0n) is 16.5. The molecule has 2 saturated heterocycles. The molecule has 140 valence electrons. The first-order valence-corrected chi connectivity index (χ1v) is 10.0. The van der Waals surface area contributed by atoms with Crippen LogP contribution in [-0.2, 0) is 21.3 Å². The van der Waals surface area contributed by atoms with Crippen LogP contribution >= 0.6 is 0 Å². The minimum Gasteiger partial charge on any atom is -0.347 e. The third-order valence-corrected chi connectivity index (χ3v) is 6.20. The quantitative estimate of drug-likeness (QED) is 0.763. The van der Waals surface area contributed by atoms with Crippen LogP contribution in [0.4, 0.5) is 0 Å². The van der Waals surface area contributed by atoms with Crippen molar-refractivity contribution in [1.82, 2.24) is 4.90 Å². The summed E-state index contributed by atoms with van der Waals surface area (Å²) in [6, 6.07) is 9.30. The largest absolute Gasteiger partial charge is 0.347 e. The topological polar surface area (TPSA) is 21.7 Å². The molecule has 1 atom stereocenters. The standard InChI is InChI=1S/C22H35NO2/c1-5-21(3,4)20-8-6-19(7-9-20)16-18(2)17-23-12-10-22(11-13-23)24-14-15-25-22/h6-9,18H,5,10-17H2,1-4H3. The molecule has 0 aromatic heterocycles. The van der Waals surface area contributed by atoms with E-state index in [1.165, 1.54) is 17.5 Å². The van der Waals surface area contributed by atoms with E-state index in [0.29, 0.717) is 5.92 Å². The zero-order chi connectivity index (χ0) is 17.9. The van der Waals surface area contributed by atoms with Crippen LogP contribution in [0.3, 0.4) is 0 Å². The SMILES string of the molecule is CCC(C)(C)c1ccc(CC(C)CN2CCC3(CC2)OCCO3)cc1. The summed E-state index contributed by atoms with van der Waals surface area (Å²) in [5.41, 5.74) is 3.18. The average molecular weight is 346 g/mol. The lowest BCUT2D eigenvalue weighted by Gasteiger charge is -2.38. The Morgan fingerprint density at radius 1 is 1.08 bits per heavy atom. The number of piperidine rings is 1. The maximum atomic E-state index is 5.83. The van der Waals surface area contributed by atoms with Crippen molar-refractivity contribution in [1.29, 1.82) is 0 Å². The number of rotatable bonds is 6. The first-order valence-electron chi connectivity index (χ1n) is 10.0. The molecule has 2 heterocycles. The van der Waals surface area contributed by atoms with Crippen LogP contribution in [0.1, 0.15) is 58.1 Å². The summed E-state index contributed by atoms with van der Waals surface area (Å²) in [7, 11) is 0. The van der Waals surface area contributed by atoms with Crippen molar-refractivity contribution >= 4 is 0 Å². The van der Waals surface area contributed by atoms with Gasteiger partial charge >= 0.3 is 0 Å². The summed E-state index contributed by atoms with van der Waals surface area (Å²) in [6.45, 7) is 14.2. The maximum absolute atomic E-state index is 5.83. The third kappa shape index (κ3) is 4.64. The minimum absolute atomic E-state index is 0.248. The molecule has 1 aromatic carbocycles. The van der Waals surface area contributed by atoms with Crippen LogP contribution in [0, 0.1) is 5.92 Å². The molecule has 2 aliphatic heterocycles. The smallest absolute Gasteiger partial charge is 0.170 e. The lowest BCUT2D eigenvalue weighted by molar-refractivity contribution is -0.185. The maximum Gasteiger partial charge on any atom is 0.170 e. The molecule has 1 aromatic rings. The molecule has 3 rings (SSSR count). The van der Waals surface area contributed by atoms with Gasteiger partial charge in [0.1, 0.15) is 0 Å². The van der Waals surface area contributed by atoms with Crippen molar-refractivity contribution in [3.63, 3.8) is 0 Å². The Labute approximate surface area is 153 Å². The Balaban J connectivity index is 1.47. The summed E-state index contributed by atoms with van der Waals surface area (Å²) < 4.78 is 11.7. The van der Waals surface area contributed by atoms with Crippen LogP contribution < -0.4 is 0 Å². The predicted octanol–water partition coefficient (Wildman–Crippen LogP) is 4.39. The number of benzene rings is 1. The molecule has 1 unspecified atom stereocenters. The summed E-state index contributed by atoms with van der Waals surface area (Å²) in [6.07, 6.45) is 4.36. The van der Waals surface area contributed by atoms with Gasteiger partial charge in [-0.15, -0.1) is 0 Å². The van der Waals surface area contributed by atoms with Crippen molar-refractivity contribution in [2.75, 3.05) is 32.8 Å². The van der Waals surface area contributed by atoms with E-state index in [2.05, 4.69) is 56.9 Å². The molecule has 2 fully saturated rings. The Morgan fingerprint density at radius 2 is 1.68 bits per heavy atom. The van der Waals surface area contributed by atoms with Gasteiger partial charge in [0.15, 0.2) is 5.79 Å². The Bertz CT molecular complexity index is 536. The molecule has 1 spiro atoms. The van der Waals surface area contributed by atoms with E-state index in [9.17, 15) is 0 Å². The highest BCUT2D eigenvalue weighted by atomic mass is 16.7. The lowest BCUT2D eigenvalue weighted by Crippen LogP contribution is -2.46. The zero-order valence-corrected chi connectivity index (χ0v) is 16.5. The Kier molecular flexibility index (Phi) is 5.87. The van der Waals surface area contributed by atoms with Gasteiger partial charge in [-0.1, -0.05) is 52.0 Å². The fourth-order valence-electron chi connectivity index (χ4n) is 4.07. The number of hydrogen-bond donors (Lipinski definition) is 0. The Morgan fingerprint density at radius 3 is 2.24 bits per heavy atom. The van der Waals surface area contributed by atoms with Crippen LogP contribution in [0.25, 0.3) is 0 Å². The Hall–Kier alpha value is -0.900. The van der Waals surface area contributed by atoms with Crippen molar-refractivity contribution < 1.29 is 9.47 Å². The average Bonchev–Trinajstić information content (AvgIpc) is 3.06. The lowest BCUT2D eigenvalue weighted by atomic mass is 9.82. The second-order valence-electron chi connectivity index (χ2n) is 8.65. The van der Waals surface area contributed by atoms with E-state index in [1.807, 2.05) is 0 Å². The summed E-state index contributed by atoms with van der Waals surface area (Å²) >= 11 is 0. The highest BCUT2D eigenvalue weighted by Gasteiger charge is 2.39. The fourth-order valence-corrected chi connectivity index (χ4v) is 4.07. The van der Waals surface area contributed by atoms with Gasteiger partial charge in [-0.25, -0.2) is 0 Å². The van der Waals surface area contributed by atoms with Crippen molar-refractivity contribution in [3.8, 4) is 0 Å². The van der Waals surface area contributed by atoms with Gasteiger partial charge in [0.05, 0.1) is 13.2 Å². The predicted molar refractivity (Wildman–Crippen MR) is 103 cm³/mol. The van der Waals surface area contributed by atoms with Crippen LogP contribution in [-0.4, -0.2) is 43.5 Å². The van der Waals surface area contributed by atoms with E-state index in [-0.39, 0.29) is 11.2 Å². The van der Waals surface area contributed by atoms with E-state index in [4.69, 9.17) is 9.47 Å². The van der Waals surface area contributed by atoms with Gasteiger partial charge in [-0.2, -0.15) is 0 Å². The molecule has 0 amide bonds. The van der Waals surface area contributed by atoms with E-state index < -0.39 is 0 Å². The first-order chi connectivity index (χ1) is 11.9. The molecule has 2 aliphatic rings. The second kappa shape index (κ2) is 7.77. The first kappa shape index (κ1) is 18.9. The van der Waals surface area contributed by atoms with Gasteiger partial charge in [0.2, 0.25) is 0 Å². The molecule has 0 radical (unpaired) electrons. The van der Waals surface area contributed by atoms with E-state index in [0.717, 1.165) is 52.1 Å². The van der Waals surface area contributed by atoms with E-state index in [1.54, 1.807) is 0 Å². The van der Waals surface area contributed by atoms with Crippen molar-refractivity contribution in [2.24, 2.45) is 5.92 Å². The molecule has 0 N–H and O–H groups in total. The number of likely N-dealkylation sites (tertiary alicyclic amines) is 1. The van der Waals surface area contributed by atoms with Gasteiger partial charge in [0.25, 0.3) is 0 Å². The molecule has 3 heteroatoms. The van der Waals surface area contributed by atoms with Crippen molar-refractivity contribution in [3.05, 3.63) is 35.4 Å². The third-order valence-electron chi connectivity index (χ3n) is 6.20. The summed E-state index contributed by atoms with van der Waals surface area (Å²) in [4.78, 5) is 2.58. The van der Waals surface area contributed by atoms with Crippen molar-refractivity contribution in [2.45, 2.75) is 64.6 Å². The number of hydrogen-bond acceptors (Lipinski definition) is 3. The fraction of sp³-hybridized carbons (Fsp3) is 0.727. The van der Waals surface area contributed by atoms with Crippen LogP contribution in [0.15, 0.2) is 24.3 Å². The van der Waals surface area contributed by atoms with E-state index >= 15 is 0 Å². The molecule has 0 saturated carbocycles. The highest BCUT2D eigenvalue weighted by Crippen LogP contribution is 2.31. The number of nitrogens with zero attached hydrogens (tertiary/aromatic N) is 1. The highest BCUT2D eigenvalue weighted by molar-refractivity contribution is 5.28. The molecular formula is C22H35NO2. The van der Waals surface area contributed by atoms with Gasteiger partial charge < -0.3 is 14.4 Å². The molecule has 0 aliphatic carbocycles. The van der Waals surface area contributed by atoms with Crippen LogP contribution in [0.5, 0.6) is 0 Å². The van der Waals surface area contributed by atoms with Gasteiger partial charge in [-0.05, 0) is 35.3 Å².